The first kappa shape index (κ1) is 22.3. The summed E-state index contributed by atoms with van der Waals surface area (Å²) in [4.78, 5) is 0. The van der Waals surface area contributed by atoms with Gasteiger partial charge in [-0.25, -0.2) is 0 Å². The summed E-state index contributed by atoms with van der Waals surface area (Å²) in [5.41, 5.74) is 2.63. The minimum absolute atomic E-state index is 0.342. The van der Waals surface area contributed by atoms with E-state index in [-0.39, 0.29) is 0 Å². The minimum Gasteiger partial charge on any atom is -0.122 e. The molecular formula is C30H29ClSi. The van der Waals surface area contributed by atoms with Crippen molar-refractivity contribution in [2.75, 3.05) is 5.88 Å². The normalized spacial score (nSPS) is 12.5. The van der Waals surface area contributed by atoms with Crippen molar-refractivity contribution in [2.45, 2.75) is 13.8 Å². The average molecular weight is 453 g/mol. The largest absolute Gasteiger partial charge is 0.177 e. The van der Waals surface area contributed by atoms with Gasteiger partial charge in [0.1, 0.15) is 0 Å². The Morgan fingerprint density at radius 2 is 0.938 bits per heavy atom. The third kappa shape index (κ3) is 4.11. The van der Waals surface area contributed by atoms with Crippen molar-refractivity contribution in [1.29, 1.82) is 0 Å². The molecule has 4 rings (SSSR count). The molecule has 0 spiro atoms. The van der Waals surface area contributed by atoms with Crippen molar-refractivity contribution >= 4 is 40.8 Å². The van der Waals surface area contributed by atoms with E-state index < -0.39 is 8.07 Å². The second kappa shape index (κ2) is 10.2. The summed E-state index contributed by atoms with van der Waals surface area (Å²) >= 11 is 6.97. The van der Waals surface area contributed by atoms with Crippen molar-refractivity contribution in [3.63, 3.8) is 0 Å². The Kier molecular flexibility index (Phi) is 7.09. The highest BCUT2D eigenvalue weighted by Crippen LogP contribution is 2.32. The molecule has 0 N–H and O–H groups in total. The van der Waals surface area contributed by atoms with Crippen molar-refractivity contribution in [2.24, 2.45) is 5.92 Å². The van der Waals surface area contributed by atoms with Crippen LogP contribution in [0.5, 0.6) is 0 Å². The summed E-state index contributed by atoms with van der Waals surface area (Å²) in [7, 11) is -2.61. The maximum absolute atomic E-state index is 6.97. The van der Waals surface area contributed by atoms with Gasteiger partial charge in [-0.3, -0.25) is 0 Å². The van der Waals surface area contributed by atoms with E-state index in [0.29, 0.717) is 11.8 Å². The predicted molar refractivity (Wildman–Crippen MR) is 143 cm³/mol. The lowest BCUT2D eigenvalue weighted by Gasteiger charge is -2.38. The van der Waals surface area contributed by atoms with E-state index in [1.54, 1.807) is 0 Å². The average Bonchev–Trinajstić information content (AvgIpc) is 2.86. The second-order valence-corrected chi connectivity index (χ2v) is 12.5. The molecule has 0 saturated carbocycles. The third-order valence-corrected chi connectivity index (χ3v) is 11.6. The van der Waals surface area contributed by atoms with Gasteiger partial charge < -0.3 is 0 Å². The number of alkyl halides is 1. The molecule has 0 aliphatic rings. The van der Waals surface area contributed by atoms with Gasteiger partial charge in [-0.2, -0.15) is 0 Å². The van der Waals surface area contributed by atoms with E-state index in [2.05, 4.69) is 135 Å². The molecule has 0 bridgehead atoms. The molecular weight excluding hydrogens is 424 g/mol. The molecule has 0 aliphatic carbocycles. The highest BCUT2D eigenvalue weighted by molar-refractivity contribution is 7.17. The van der Waals surface area contributed by atoms with Crippen LogP contribution >= 0.6 is 11.6 Å². The van der Waals surface area contributed by atoms with Crippen LogP contribution in [0, 0.1) is 5.92 Å². The molecule has 0 radical (unpaired) electrons. The fourth-order valence-corrected chi connectivity index (χ4v) is 10.8. The Balaban J connectivity index is 2.21. The van der Waals surface area contributed by atoms with Gasteiger partial charge in [-0.05, 0) is 37.8 Å². The number of rotatable bonds is 7. The van der Waals surface area contributed by atoms with Gasteiger partial charge in [0.25, 0.3) is 0 Å². The van der Waals surface area contributed by atoms with Gasteiger partial charge >= 0.3 is 0 Å². The number of halogens is 1. The zero-order valence-corrected chi connectivity index (χ0v) is 20.5. The van der Waals surface area contributed by atoms with E-state index in [9.17, 15) is 0 Å². The molecule has 2 heteroatoms. The molecule has 0 nitrogen and oxygen atoms in total. The summed E-state index contributed by atoms with van der Waals surface area (Å²) in [6, 6.07) is 43.8. The van der Waals surface area contributed by atoms with E-state index >= 15 is 0 Å². The quantitative estimate of drug-likeness (QED) is 0.182. The Morgan fingerprint density at radius 1 is 0.594 bits per heavy atom. The zero-order chi connectivity index (χ0) is 22.4. The van der Waals surface area contributed by atoms with Crippen molar-refractivity contribution in [3.05, 3.63) is 132 Å². The Labute approximate surface area is 198 Å². The maximum atomic E-state index is 6.97. The molecule has 0 unspecified atom stereocenters. The fourth-order valence-electron chi connectivity index (χ4n) is 4.94. The summed E-state index contributed by atoms with van der Waals surface area (Å²) in [5, 5.41) is 5.45. The second-order valence-electron chi connectivity index (χ2n) is 8.39. The van der Waals surface area contributed by atoms with Gasteiger partial charge in [-0.1, -0.05) is 135 Å². The van der Waals surface area contributed by atoms with Crippen molar-refractivity contribution < 1.29 is 0 Å². The molecule has 0 aromatic heterocycles. The topological polar surface area (TPSA) is 0 Å². The van der Waals surface area contributed by atoms with Crippen molar-refractivity contribution in [3.8, 4) is 0 Å². The molecule has 0 heterocycles. The summed E-state index contributed by atoms with van der Waals surface area (Å²) in [6.07, 6.45) is 0. The predicted octanol–water partition coefficient (Wildman–Crippen LogP) is 6.04. The zero-order valence-electron chi connectivity index (χ0n) is 18.7. The molecule has 4 aromatic carbocycles. The molecule has 0 aliphatic heterocycles. The number of allylic oxidation sites excluding steroid dienone is 2. The Bertz CT molecular complexity index is 1050. The van der Waals surface area contributed by atoms with E-state index in [1.165, 1.54) is 31.9 Å². The highest BCUT2D eigenvalue weighted by Gasteiger charge is 2.44. The first-order chi connectivity index (χ1) is 15.7. The molecule has 0 saturated heterocycles. The maximum Gasteiger partial charge on any atom is 0.177 e. The van der Waals surface area contributed by atoms with Crippen LogP contribution in [-0.2, 0) is 0 Å². The molecule has 0 atom stereocenters. The van der Waals surface area contributed by atoms with E-state index in [4.69, 9.17) is 11.6 Å². The van der Waals surface area contributed by atoms with Crippen LogP contribution in [-0.4, -0.2) is 14.0 Å². The lowest BCUT2D eigenvalue weighted by molar-refractivity contribution is 0.852. The number of hydrogen-bond donors (Lipinski definition) is 0. The van der Waals surface area contributed by atoms with Gasteiger partial charge in [0.2, 0.25) is 0 Å². The molecule has 4 aromatic rings. The third-order valence-electron chi connectivity index (χ3n) is 6.19. The SMILES string of the molecule is CC(C)/C(=C(\CCl)[Si](c1ccccc1)(c1ccccc1)c1ccccc1)c1ccccc1. The molecule has 0 amide bonds. The van der Waals surface area contributed by atoms with Crippen molar-refractivity contribution in [1.82, 2.24) is 0 Å². The summed E-state index contributed by atoms with van der Waals surface area (Å²) in [6.45, 7) is 4.57. The Hall–Kier alpha value is -2.87. The lowest BCUT2D eigenvalue weighted by atomic mass is 9.95. The molecule has 32 heavy (non-hydrogen) atoms. The van der Waals surface area contributed by atoms with Gasteiger partial charge in [0, 0.05) is 5.88 Å². The minimum atomic E-state index is -2.61. The first-order valence-electron chi connectivity index (χ1n) is 11.2. The van der Waals surface area contributed by atoms with Gasteiger partial charge in [0.15, 0.2) is 8.07 Å². The molecule has 0 fully saturated rings. The monoisotopic (exact) mass is 452 g/mol. The highest BCUT2D eigenvalue weighted by atomic mass is 35.5. The Morgan fingerprint density at radius 3 is 1.25 bits per heavy atom. The van der Waals surface area contributed by atoms with E-state index in [0.717, 1.165) is 0 Å². The van der Waals surface area contributed by atoms with Gasteiger partial charge in [0.05, 0.1) is 0 Å². The van der Waals surface area contributed by atoms with Crippen LogP contribution in [0.25, 0.3) is 5.57 Å². The lowest BCUT2D eigenvalue weighted by Crippen LogP contribution is -2.69. The van der Waals surface area contributed by atoms with Crippen LogP contribution in [0.2, 0.25) is 0 Å². The first-order valence-corrected chi connectivity index (χ1v) is 13.7. The standard InChI is InChI=1S/C30H29ClSi/c1-24(2)30(25-15-7-3-8-16-25)29(23-31)32(26-17-9-4-10-18-26,27-19-11-5-12-20-27)28-21-13-6-14-22-28/h3-22,24H,23H2,1-2H3/b30-29-. The van der Waals surface area contributed by atoms with Crippen LogP contribution in [0.1, 0.15) is 19.4 Å². The number of benzene rings is 4. The van der Waals surface area contributed by atoms with Crippen LogP contribution in [0.4, 0.5) is 0 Å². The van der Waals surface area contributed by atoms with Crippen LogP contribution < -0.4 is 15.6 Å². The molecule has 160 valence electrons. The van der Waals surface area contributed by atoms with Crippen LogP contribution in [0.3, 0.4) is 0 Å². The summed E-state index contributed by atoms with van der Waals surface area (Å²) < 4.78 is 0. The van der Waals surface area contributed by atoms with Gasteiger partial charge in [-0.15, -0.1) is 11.6 Å². The fraction of sp³-hybridized carbons (Fsp3) is 0.133. The smallest absolute Gasteiger partial charge is 0.122 e. The number of hydrogen-bond acceptors (Lipinski definition) is 0. The van der Waals surface area contributed by atoms with Crippen LogP contribution in [0.15, 0.2) is 127 Å². The van der Waals surface area contributed by atoms with E-state index in [1.807, 2.05) is 0 Å². The summed E-state index contributed by atoms with van der Waals surface area (Å²) in [5.74, 6) is 0.835.